The number of hydrogen-bond acceptors (Lipinski definition) is 0. The Morgan fingerprint density at radius 2 is 1.81 bits per heavy atom. The van der Waals surface area contributed by atoms with Crippen LogP contribution in [-0.4, -0.2) is 0 Å². The number of fused-ring (bicyclic) bond motifs is 3. The summed E-state index contributed by atoms with van der Waals surface area (Å²) in [5, 5.41) is 2.91. The van der Waals surface area contributed by atoms with Crippen molar-refractivity contribution < 1.29 is 0 Å². The van der Waals surface area contributed by atoms with Crippen molar-refractivity contribution >= 4 is 10.8 Å². The van der Waals surface area contributed by atoms with Crippen LogP contribution in [0.2, 0.25) is 0 Å². The Hall–Kier alpha value is -1.30. The molecule has 0 unspecified atom stereocenters. The molecule has 0 N–H and O–H groups in total. The Balaban J connectivity index is 1.62. The van der Waals surface area contributed by atoms with Crippen molar-refractivity contribution in [3.63, 3.8) is 0 Å². The lowest BCUT2D eigenvalue weighted by atomic mass is 9.79. The van der Waals surface area contributed by atoms with Gasteiger partial charge in [0.15, 0.2) is 0 Å². The highest BCUT2D eigenvalue weighted by atomic mass is 14.2. The highest BCUT2D eigenvalue weighted by molar-refractivity contribution is 5.87. The summed E-state index contributed by atoms with van der Waals surface area (Å²) in [6.45, 7) is 2.29. The molecule has 0 nitrogen and oxygen atoms in total. The van der Waals surface area contributed by atoms with Crippen molar-refractivity contribution in [3.05, 3.63) is 47.5 Å². The third-order valence-electron chi connectivity index (χ3n) is 5.16. The molecule has 2 aromatic carbocycles. The van der Waals surface area contributed by atoms with E-state index in [-0.39, 0.29) is 0 Å². The van der Waals surface area contributed by atoms with Crippen LogP contribution in [0.4, 0.5) is 0 Å². The topological polar surface area (TPSA) is 0 Å². The first kappa shape index (κ1) is 14.6. The summed E-state index contributed by atoms with van der Waals surface area (Å²) >= 11 is 0. The average molecular weight is 280 g/mol. The van der Waals surface area contributed by atoms with E-state index >= 15 is 0 Å². The molecule has 112 valence electrons. The molecular formula is C21H28. The van der Waals surface area contributed by atoms with Crippen LogP contribution < -0.4 is 0 Å². The second-order valence-electron chi connectivity index (χ2n) is 6.74. The first-order chi connectivity index (χ1) is 10.4. The van der Waals surface area contributed by atoms with E-state index in [1.165, 1.54) is 68.6 Å². The smallest absolute Gasteiger partial charge is 0.0149 e. The molecule has 1 atom stereocenters. The summed E-state index contributed by atoms with van der Waals surface area (Å²) < 4.78 is 0. The zero-order valence-corrected chi connectivity index (χ0v) is 13.4. The zero-order chi connectivity index (χ0) is 14.5. The molecule has 0 fully saturated rings. The van der Waals surface area contributed by atoms with Gasteiger partial charge >= 0.3 is 0 Å². The number of aryl methyl sites for hydroxylation is 1. The van der Waals surface area contributed by atoms with E-state index in [9.17, 15) is 0 Å². The SMILES string of the molecule is CCCCCCC[C@H]1CCc2c(ccc3ccccc23)C1. The molecule has 3 rings (SSSR count). The number of benzene rings is 2. The predicted molar refractivity (Wildman–Crippen MR) is 92.8 cm³/mol. The van der Waals surface area contributed by atoms with E-state index in [4.69, 9.17) is 0 Å². The van der Waals surface area contributed by atoms with Crippen LogP contribution in [0.5, 0.6) is 0 Å². The van der Waals surface area contributed by atoms with E-state index < -0.39 is 0 Å². The van der Waals surface area contributed by atoms with Crippen LogP contribution in [0.1, 0.15) is 63.0 Å². The maximum Gasteiger partial charge on any atom is -0.0149 e. The van der Waals surface area contributed by atoms with Crippen molar-refractivity contribution in [2.75, 3.05) is 0 Å². The van der Waals surface area contributed by atoms with E-state index in [2.05, 4.69) is 43.3 Å². The van der Waals surface area contributed by atoms with Crippen molar-refractivity contribution in [2.45, 2.75) is 64.7 Å². The first-order valence-electron chi connectivity index (χ1n) is 8.88. The largest absolute Gasteiger partial charge is 0.0654 e. The van der Waals surface area contributed by atoms with Gasteiger partial charge in [-0.3, -0.25) is 0 Å². The normalized spacial score (nSPS) is 17.9. The zero-order valence-electron chi connectivity index (χ0n) is 13.4. The highest BCUT2D eigenvalue weighted by Crippen LogP contribution is 2.33. The molecule has 0 heteroatoms. The predicted octanol–water partition coefficient (Wildman–Crippen LogP) is 6.31. The lowest BCUT2D eigenvalue weighted by Crippen LogP contribution is -2.14. The number of hydrogen-bond donors (Lipinski definition) is 0. The minimum Gasteiger partial charge on any atom is -0.0654 e. The van der Waals surface area contributed by atoms with Gasteiger partial charge in [0, 0.05) is 0 Å². The van der Waals surface area contributed by atoms with Gasteiger partial charge in [-0.05, 0) is 47.1 Å². The van der Waals surface area contributed by atoms with E-state index in [0.717, 1.165) is 5.92 Å². The molecule has 1 aliphatic carbocycles. The summed E-state index contributed by atoms with van der Waals surface area (Å²) in [4.78, 5) is 0. The van der Waals surface area contributed by atoms with Gasteiger partial charge in [0.1, 0.15) is 0 Å². The van der Waals surface area contributed by atoms with E-state index in [1.54, 1.807) is 11.1 Å². The summed E-state index contributed by atoms with van der Waals surface area (Å²) in [5.41, 5.74) is 3.26. The second-order valence-corrected chi connectivity index (χ2v) is 6.74. The fraction of sp³-hybridized carbons (Fsp3) is 0.524. The van der Waals surface area contributed by atoms with Gasteiger partial charge in [0.05, 0.1) is 0 Å². The van der Waals surface area contributed by atoms with E-state index in [0.29, 0.717) is 0 Å². The van der Waals surface area contributed by atoms with Gasteiger partial charge < -0.3 is 0 Å². The van der Waals surface area contributed by atoms with Gasteiger partial charge in [-0.2, -0.15) is 0 Å². The molecular weight excluding hydrogens is 252 g/mol. The molecule has 0 radical (unpaired) electrons. The minimum absolute atomic E-state index is 0.931. The monoisotopic (exact) mass is 280 g/mol. The molecule has 0 amide bonds. The van der Waals surface area contributed by atoms with Gasteiger partial charge in [-0.25, -0.2) is 0 Å². The molecule has 1 aliphatic rings. The summed E-state index contributed by atoms with van der Waals surface area (Å²) in [7, 11) is 0. The third kappa shape index (κ3) is 3.48. The Bertz CT molecular complexity index is 582. The van der Waals surface area contributed by atoms with Crippen LogP contribution in [0.3, 0.4) is 0 Å². The lowest BCUT2D eigenvalue weighted by Gasteiger charge is -2.26. The van der Waals surface area contributed by atoms with Crippen LogP contribution in [0.15, 0.2) is 36.4 Å². The van der Waals surface area contributed by atoms with Crippen molar-refractivity contribution in [1.82, 2.24) is 0 Å². The molecule has 0 saturated carbocycles. The number of unbranched alkanes of at least 4 members (excludes halogenated alkanes) is 4. The van der Waals surface area contributed by atoms with Crippen molar-refractivity contribution in [3.8, 4) is 0 Å². The van der Waals surface area contributed by atoms with Crippen LogP contribution >= 0.6 is 0 Å². The molecule has 21 heavy (non-hydrogen) atoms. The van der Waals surface area contributed by atoms with Crippen molar-refractivity contribution in [1.29, 1.82) is 0 Å². The van der Waals surface area contributed by atoms with Crippen LogP contribution in [0, 0.1) is 5.92 Å². The molecule has 0 aromatic heterocycles. The Kier molecular flexibility index (Phi) is 4.95. The standard InChI is InChI=1S/C21H28/c1-2-3-4-5-6-9-17-12-15-21-19(16-17)14-13-18-10-7-8-11-20(18)21/h7-8,10-11,13-14,17H,2-6,9,12,15-16H2,1H3/t17-/m0/s1. The Morgan fingerprint density at radius 3 is 2.71 bits per heavy atom. The Labute approximate surface area is 129 Å². The molecule has 0 heterocycles. The first-order valence-corrected chi connectivity index (χ1v) is 8.88. The minimum atomic E-state index is 0.931. The number of rotatable bonds is 6. The van der Waals surface area contributed by atoms with Crippen LogP contribution in [-0.2, 0) is 12.8 Å². The molecule has 0 bridgehead atoms. The molecule has 0 spiro atoms. The summed E-state index contributed by atoms with van der Waals surface area (Å²) in [6.07, 6.45) is 12.5. The average Bonchev–Trinajstić information content (AvgIpc) is 2.54. The van der Waals surface area contributed by atoms with Gasteiger partial charge in [-0.1, -0.05) is 81.8 Å². The van der Waals surface area contributed by atoms with Gasteiger partial charge in [0.2, 0.25) is 0 Å². The third-order valence-corrected chi connectivity index (χ3v) is 5.16. The van der Waals surface area contributed by atoms with Crippen LogP contribution in [0.25, 0.3) is 10.8 Å². The fourth-order valence-electron chi connectivity index (χ4n) is 3.91. The maximum absolute atomic E-state index is 2.39. The van der Waals surface area contributed by atoms with E-state index in [1.807, 2.05) is 0 Å². The van der Waals surface area contributed by atoms with Crippen molar-refractivity contribution in [2.24, 2.45) is 5.92 Å². The maximum atomic E-state index is 2.39. The molecule has 0 aliphatic heterocycles. The second kappa shape index (κ2) is 7.11. The fourth-order valence-corrected chi connectivity index (χ4v) is 3.91. The molecule has 2 aromatic rings. The van der Waals surface area contributed by atoms with Gasteiger partial charge in [0.25, 0.3) is 0 Å². The Morgan fingerprint density at radius 1 is 0.952 bits per heavy atom. The van der Waals surface area contributed by atoms with Gasteiger partial charge in [-0.15, -0.1) is 0 Å². The summed E-state index contributed by atoms with van der Waals surface area (Å²) in [6, 6.07) is 13.6. The highest BCUT2D eigenvalue weighted by Gasteiger charge is 2.19. The molecule has 0 saturated heterocycles. The quantitative estimate of drug-likeness (QED) is 0.544. The lowest BCUT2D eigenvalue weighted by molar-refractivity contribution is 0.406. The summed E-state index contributed by atoms with van der Waals surface area (Å²) in [5.74, 6) is 0.931.